The molecule has 1 aromatic heterocycles. The number of carbonyl (C=O) groups excluding carboxylic acids is 1. The molecule has 1 heterocycles. The summed E-state index contributed by atoms with van der Waals surface area (Å²) in [6.45, 7) is -0.379. The van der Waals surface area contributed by atoms with Gasteiger partial charge in [0.25, 0.3) is 5.56 Å². The molecule has 0 unspecified atom stereocenters. The third-order valence-electron chi connectivity index (χ3n) is 5.14. The summed E-state index contributed by atoms with van der Waals surface area (Å²) in [5, 5.41) is 18.4. The molecule has 0 aliphatic carbocycles. The van der Waals surface area contributed by atoms with Crippen molar-refractivity contribution in [2.45, 2.75) is 19.0 Å². The van der Waals surface area contributed by atoms with E-state index in [4.69, 9.17) is 0 Å². The molecule has 4 aromatic rings. The van der Waals surface area contributed by atoms with Crippen LogP contribution in [0, 0.1) is 0 Å². The number of nitrogens with one attached hydrogen (secondary N) is 1. The number of rotatable bonds is 7. The van der Waals surface area contributed by atoms with E-state index in [0.29, 0.717) is 5.69 Å². The van der Waals surface area contributed by atoms with Gasteiger partial charge in [-0.25, -0.2) is 9.48 Å². The molecule has 0 fully saturated rings. The summed E-state index contributed by atoms with van der Waals surface area (Å²) in [6.07, 6.45) is 0.139. The van der Waals surface area contributed by atoms with Crippen molar-refractivity contribution >= 4 is 22.6 Å². The summed E-state index contributed by atoms with van der Waals surface area (Å²) in [5.41, 5.74) is 1.73. The summed E-state index contributed by atoms with van der Waals surface area (Å²) in [4.78, 5) is 36.5. The topological polar surface area (TPSA) is 101 Å². The minimum absolute atomic E-state index is 0.139. The number of carboxylic acids is 1. The molecule has 0 spiro atoms. The second-order valence-corrected chi connectivity index (χ2v) is 7.39. The Morgan fingerprint density at radius 2 is 1.62 bits per heavy atom. The first-order valence-corrected chi connectivity index (χ1v) is 10.1. The van der Waals surface area contributed by atoms with E-state index in [-0.39, 0.29) is 13.0 Å². The van der Waals surface area contributed by atoms with Crippen LogP contribution in [-0.4, -0.2) is 32.8 Å². The summed E-state index contributed by atoms with van der Waals surface area (Å²) < 4.78 is 1.05. The minimum Gasteiger partial charge on any atom is -0.480 e. The molecule has 0 aliphatic heterocycles. The molecule has 32 heavy (non-hydrogen) atoms. The van der Waals surface area contributed by atoms with E-state index >= 15 is 0 Å². The molecule has 7 nitrogen and oxygen atoms in total. The second-order valence-electron chi connectivity index (χ2n) is 7.39. The molecule has 2 N–H and O–H groups in total. The Balaban J connectivity index is 1.55. The first-order chi connectivity index (χ1) is 15.5. The van der Waals surface area contributed by atoms with Gasteiger partial charge in [-0.2, -0.15) is 5.10 Å². The predicted molar refractivity (Wildman–Crippen MR) is 121 cm³/mol. The van der Waals surface area contributed by atoms with Crippen LogP contribution in [0.15, 0.2) is 89.7 Å². The van der Waals surface area contributed by atoms with Crippen LogP contribution in [-0.2, 0) is 22.6 Å². The maximum Gasteiger partial charge on any atom is 0.326 e. The number of benzene rings is 3. The van der Waals surface area contributed by atoms with Crippen molar-refractivity contribution in [3.8, 4) is 11.3 Å². The van der Waals surface area contributed by atoms with Gasteiger partial charge in [-0.05, 0) is 22.4 Å². The van der Waals surface area contributed by atoms with Crippen molar-refractivity contribution in [2.75, 3.05) is 0 Å². The summed E-state index contributed by atoms with van der Waals surface area (Å²) in [6, 6.07) is 24.5. The lowest BCUT2D eigenvalue weighted by atomic mass is 10.0. The third kappa shape index (κ3) is 4.73. The van der Waals surface area contributed by atoms with Crippen LogP contribution in [0.2, 0.25) is 0 Å². The first kappa shape index (κ1) is 21.0. The van der Waals surface area contributed by atoms with Crippen LogP contribution in [0.3, 0.4) is 0 Å². The number of amides is 1. The summed E-state index contributed by atoms with van der Waals surface area (Å²) in [7, 11) is 0. The molecule has 0 aliphatic rings. The Kier molecular flexibility index (Phi) is 6.07. The molecule has 160 valence electrons. The van der Waals surface area contributed by atoms with Gasteiger partial charge in [-0.15, -0.1) is 0 Å². The fourth-order valence-corrected chi connectivity index (χ4v) is 3.58. The van der Waals surface area contributed by atoms with Gasteiger partial charge in [0.2, 0.25) is 5.91 Å². The number of aliphatic carboxylic acids is 1. The van der Waals surface area contributed by atoms with E-state index in [1.807, 2.05) is 48.5 Å². The molecule has 0 saturated carbocycles. The van der Waals surface area contributed by atoms with E-state index in [1.54, 1.807) is 30.3 Å². The van der Waals surface area contributed by atoms with Crippen molar-refractivity contribution < 1.29 is 14.7 Å². The van der Waals surface area contributed by atoms with E-state index < -0.39 is 23.5 Å². The molecule has 1 amide bonds. The number of fused-ring (bicyclic) bond motifs is 1. The van der Waals surface area contributed by atoms with Gasteiger partial charge in [0, 0.05) is 18.1 Å². The molecule has 0 bridgehead atoms. The van der Waals surface area contributed by atoms with Crippen LogP contribution in [0.5, 0.6) is 0 Å². The maximum absolute atomic E-state index is 12.6. The fourth-order valence-electron chi connectivity index (χ4n) is 3.58. The zero-order chi connectivity index (χ0) is 22.5. The quantitative estimate of drug-likeness (QED) is 0.472. The average molecular weight is 427 g/mol. The van der Waals surface area contributed by atoms with Crippen molar-refractivity contribution in [1.29, 1.82) is 0 Å². The Morgan fingerprint density at radius 1 is 0.906 bits per heavy atom. The van der Waals surface area contributed by atoms with E-state index in [2.05, 4.69) is 10.4 Å². The number of carboxylic acid groups (broad SMARTS) is 1. The zero-order valence-corrected chi connectivity index (χ0v) is 17.1. The van der Waals surface area contributed by atoms with Crippen LogP contribution in [0.25, 0.3) is 22.0 Å². The number of nitrogens with zero attached hydrogens (tertiary/aromatic N) is 2. The highest BCUT2D eigenvalue weighted by atomic mass is 16.4. The molecule has 4 rings (SSSR count). The Bertz CT molecular complexity index is 1330. The van der Waals surface area contributed by atoms with Crippen molar-refractivity contribution in [3.63, 3.8) is 0 Å². The smallest absolute Gasteiger partial charge is 0.326 e. The SMILES string of the molecule is O=C(Cn1nc(-c2cccc3ccccc23)ccc1=O)N[C@@H](Cc1ccccc1)C(=O)O. The second kappa shape index (κ2) is 9.26. The Labute approximate surface area is 183 Å². The highest BCUT2D eigenvalue weighted by molar-refractivity contribution is 5.95. The molecular weight excluding hydrogens is 406 g/mol. The van der Waals surface area contributed by atoms with Gasteiger partial charge in [-0.1, -0.05) is 72.8 Å². The highest BCUT2D eigenvalue weighted by Gasteiger charge is 2.21. The van der Waals surface area contributed by atoms with E-state index in [0.717, 1.165) is 26.6 Å². The molecular formula is C25H21N3O4. The maximum atomic E-state index is 12.6. The van der Waals surface area contributed by atoms with Crippen LogP contribution in [0.4, 0.5) is 0 Å². The van der Waals surface area contributed by atoms with Crippen LogP contribution in [0.1, 0.15) is 5.56 Å². The largest absolute Gasteiger partial charge is 0.480 e. The molecule has 1 atom stereocenters. The van der Waals surface area contributed by atoms with Gasteiger partial charge in [-0.3, -0.25) is 9.59 Å². The van der Waals surface area contributed by atoms with Gasteiger partial charge < -0.3 is 10.4 Å². The monoisotopic (exact) mass is 427 g/mol. The molecule has 0 radical (unpaired) electrons. The lowest BCUT2D eigenvalue weighted by Crippen LogP contribution is -2.44. The third-order valence-corrected chi connectivity index (χ3v) is 5.14. The van der Waals surface area contributed by atoms with Crippen molar-refractivity contribution in [3.05, 3.63) is 101 Å². The van der Waals surface area contributed by atoms with Gasteiger partial charge in [0.1, 0.15) is 12.6 Å². The van der Waals surface area contributed by atoms with Gasteiger partial charge in [0.05, 0.1) is 5.69 Å². The standard InChI is InChI=1S/C25H21N3O4/c29-23(26-22(25(31)32)15-17-7-2-1-3-8-17)16-28-24(30)14-13-21(27-28)20-12-6-10-18-9-4-5-11-19(18)20/h1-14,22H,15-16H2,(H,26,29)(H,31,32)/t22-/m0/s1. The summed E-state index contributed by atoms with van der Waals surface area (Å²) >= 11 is 0. The normalized spacial score (nSPS) is 11.8. The molecule has 0 saturated heterocycles. The number of aromatic nitrogens is 2. The lowest BCUT2D eigenvalue weighted by Gasteiger charge is -2.15. The van der Waals surface area contributed by atoms with Crippen LogP contribution < -0.4 is 10.9 Å². The number of carbonyl (C=O) groups is 2. The number of hydrogen-bond donors (Lipinski definition) is 2. The van der Waals surface area contributed by atoms with E-state index in [1.165, 1.54) is 6.07 Å². The lowest BCUT2D eigenvalue weighted by molar-refractivity contribution is -0.141. The minimum atomic E-state index is -1.15. The number of hydrogen-bond acceptors (Lipinski definition) is 4. The summed E-state index contributed by atoms with van der Waals surface area (Å²) in [5.74, 6) is -1.75. The average Bonchev–Trinajstić information content (AvgIpc) is 2.80. The highest BCUT2D eigenvalue weighted by Crippen LogP contribution is 2.26. The first-order valence-electron chi connectivity index (χ1n) is 10.1. The van der Waals surface area contributed by atoms with Gasteiger partial charge >= 0.3 is 5.97 Å². The zero-order valence-electron chi connectivity index (χ0n) is 17.1. The molecule has 7 heteroatoms. The molecule has 3 aromatic carbocycles. The fraction of sp³-hybridized carbons (Fsp3) is 0.120. The predicted octanol–water partition coefficient (Wildman–Crippen LogP) is 2.88. The van der Waals surface area contributed by atoms with E-state index in [9.17, 15) is 19.5 Å². The van der Waals surface area contributed by atoms with Crippen molar-refractivity contribution in [1.82, 2.24) is 15.1 Å². The van der Waals surface area contributed by atoms with Crippen molar-refractivity contribution in [2.24, 2.45) is 0 Å². The Morgan fingerprint density at radius 3 is 2.41 bits per heavy atom. The van der Waals surface area contributed by atoms with Gasteiger partial charge in [0.15, 0.2) is 0 Å². The van der Waals surface area contributed by atoms with Crippen LogP contribution >= 0.6 is 0 Å². The Hall–Kier alpha value is -4.26.